The molecule has 0 bridgehead atoms. The third-order valence-electron chi connectivity index (χ3n) is 4.82. The van der Waals surface area contributed by atoms with Gasteiger partial charge >= 0.3 is 0 Å². The van der Waals surface area contributed by atoms with Gasteiger partial charge in [-0.05, 0) is 55.3 Å². The van der Waals surface area contributed by atoms with E-state index in [1.807, 2.05) is 18.2 Å². The van der Waals surface area contributed by atoms with Crippen molar-refractivity contribution in [2.24, 2.45) is 11.3 Å². The van der Waals surface area contributed by atoms with Crippen LogP contribution in [0.3, 0.4) is 0 Å². The molecule has 1 aliphatic rings. The summed E-state index contributed by atoms with van der Waals surface area (Å²) >= 11 is 0. The van der Waals surface area contributed by atoms with E-state index in [-0.39, 0.29) is 23.7 Å². The lowest BCUT2D eigenvalue weighted by atomic mass is 9.81. The first-order valence-electron chi connectivity index (χ1n) is 8.62. The summed E-state index contributed by atoms with van der Waals surface area (Å²) in [6.07, 6.45) is 3.68. The largest absolute Gasteiger partial charge is 0.496 e. The summed E-state index contributed by atoms with van der Waals surface area (Å²) in [7, 11) is 1.69. The van der Waals surface area contributed by atoms with E-state index in [2.05, 4.69) is 30.5 Å². The van der Waals surface area contributed by atoms with Gasteiger partial charge in [0.2, 0.25) is 5.91 Å². The fourth-order valence-corrected chi connectivity index (χ4v) is 3.23. The Morgan fingerprint density at radius 2 is 2.00 bits per heavy atom. The Hall–Kier alpha value is -1.26. The molecule has 1 aliphatic heterocycles. The van der Waals surface area contributed by atoms with Crippen LogP contribution < -0.4 is 15.4 Å². The standard InChI is InChI=1S/C19H30N2O2.ClH/c1-15(12-16-6-4-5-7-17(16)23-3)13-18(22)21-14-19(2)8-10-20-11-9-19;/h4-7,15,20H,8-14H2,1-3H3,(H,21,22);1H. The van der Waals surface area contributed by atoms with E-state index >= 15 is 0 Å². The van der Waals surface area contributed by atoms with Gasteiger partial charge in [-0.1, -0.05) is 32.0 Å². The summed E-state index contributed by atoms with van der Waals surface area (Å²) in [6, 6.07) is 8.03. The van der Waals surface area contributed by atoms with E-state index in [9.17, 15) is 4.79 Å². The Kier molecular flexibility index (Phi) is 8.57. The van der Waals surface area contributed by atoms with Crippen molar-refractivity contribution in [1.82, 2.24) is 10.6 Å². The highest BCUT2D eigenvalue weighted by Gasteiger charge is 2.27. The van der Waals surface area contributed by atoms with Crippen molar-refractivity contribution in [3.63, 3.8) is 0 Å². The van der Waals surface area contributed by atoms with Crippen LogP contribution in [0.15, 0.2) is 24.3 Å². The van der Waals surface area contributed by atoms with Crippen molar-refractivity contribution < 1.29 is 9.53 Å². The van der Waals surface area contributed by atoms with Crippen molar-refractivity contribution in [2.45, 2.75) is 39.5 Å². The fraction of sp³-hybridized carbons (Fsp3) is 0.632. The first-order chi connectivity index (χ1) is 11.0. The van der Waals surface area contributed by atoms with Crippen LogP contribution in [-0.2, 0) is 11.2 Å². The van der Waals surface area contributed by atoms with Gasteiger partial charge in [0.05, 0.1) is 7.11 Å². The second-order valence-electron chi connectivity index (χ2n) is 7.16. The molecule has 1 aromatic carbocycles. The van der Waals surface area contributed by atoms with Gasteiger partial charge in [-0.25, -0.2) is 0 Å². The van der Waals surface area contributed by atoms with Crippen molar-refractivity contribution >= 4 is 18.3 Å². The second kappa shape index (κ2) is 9.90. The number of halogens is 1. The minimum absolute atomic E-state index is 0. The van der Waals surface area contributed by atoms with Crippen LogP contribution in [0.2, 0.25) is 0 Å². The van der Waals surface area contributed by atoms with E-state index in [1.54, 1.807) is 7.11 Å². The molecule has 1 saturated heterocycles. The van der Waals surface area contributed by atoms with Gasteiger partial charge < -0.3 is 15.4 Å². The van der Waals surface area contributed by atoms with Gasteiger partial charge in [0.15, 0.2) is 0 Å². The lowest BCUT2D eigenvalue weighted by molar-refractivity contribution is -0.122. The summed E-state index contributed by atoms with van der Waals surface area (Å²) in [5.74, 6) is 1.36. The minimum atomic E-state index is 0. The lowest BCUT2D eigenvalue weighted by Crippen LogP contribution is -2.43. The highest BCUT2D eigenvalue weighted by molar-refractivity contribution is 5.85. The molecule has 1 amide bonds. The first kappa shape index (κ1) is 20.8. The van der Waals surface area contributed by atoms with Crippen LogP contribution in [0.25, 0.3) is 0 Å². The van der Waals surface area contributed by atoms with E-state index in [1.165, 1.54) is 5.56 Å². The Balaban J connectivity index is 0.00000288. The number of carbonyl (C=O) groups excluding carboxylic acids is 1. The highest BCUT2D eigenvalue weighted by atomic mass is 35.5. The van der Waals surface area contributed by atoms with Crippen molar-refractivity contribution in [3.05, 3.63) is 29.8 Å². The molecule has 0 aromatic heterocycles. The van der Waals surface area contributed by atoms with Gasteiger partial charge in [-0.3, -0.25) is 4.79 Å². The summed E-state index contributed by atoms with van der Waals surface area (Å²) in [5.41, 5.74) is 1.41. The number of methoxy groups -OCH3 is 1. The summed E-state index contributed by atoms with van der Waals surface area (Å²) in [6.45, 7) is 7.28. The van der Waals surface area contributed by atoms with Gasteiger partial charge in [-0.15, -0.1) is 12.4 Å². The molecule has 2 rings (SSSR count). The summed E-state index contributed by atoms with van der Waals surface area (Å²) in [5, 5.41) is 6.51. The zero-order valence-corrected chi connectivity index (χ0v) is 15.9. The van der Waals surface area contributed by atoms with E-state index in [0.29, 0.717) is 12.3 Å². The SMILES string of the molecule is COc1ccccc1CC(C)CC(=O)NCC1(C)CCNCC1.Cl. The van der Waals surface area contributed by atoms with Crippen LogP contribution in [0.5, 0.6) is 5.75 Å². The number of hydrogen-bond donors (Lipinski definition) is 2. The Labute approximate surface area is 152 Å². The van der Waals surface area contributed by atoms with Crippen molar-refractivity contribution in [3.8, 4) is 5.75 Å². The Morgan fingerprint density at radius 3 is 2.67 bits per heavy atom. The number of amides is 1. The quantitative estimate of drug-likeness (QED) is 0.790. The predicted octanol–water partition coefficient (Wildman–Crippen LogP) is 3.19. The predicted molar refractivity (Wildman–Crippen MR) is 101 cm³/mol. The lowest BCUT2D eigenvalue weighted by Gasteiger charge is -2.34. The molecule has 1 fully saturated rings. The molecule has 136 valence electrons. The molecule has 0 aliphatic carbocycles. The number of ether oxygens (including phenoxy) is 1. The number of nitrogens with one attached hydrogen (secondary N) is 2. The number of hydrogen-bond acceptors (Lipinski definition) is 3. The topological polar surface area (TPSA) is 50.4 Å². The molecular weight excluding hydrogens is 324 g/mol. The Morgan fingerprint density at radius 1 is 1.33 bits per heavy atom. The van der Waals surface area contributed by atoms with Crippen molar-refractivity contribution in [1.29, 1.82) is 0 Å². The number of benzene rings is 1. The van der Waals surface area contributed by atoms with E-state index in [0.717, 1.165) is 44.6 Å². The van der Waals surface area contributed by atoms with E-state index in [4.69, 9.17) is 4.74 Å². The average molecular weight is 355 g/mol. The van der Waals surface area contributed by atoms with Crippen LogP contribution in [0.4, 0.5) is 0 Å². The molecule has 4 nitrogen and oxygen atoms in total. The molecule has 0 spiro atoms. The second-order valence-corrected chi connectivity index (χ2v) is 7.16. The molecular formula is C19H31ClN2O2. The Bertz CT molecular complexity index is 516. The van der Waals surface area contributed by atoms with Gasteiger partial charge in [0.25, 0.3) is 0 Å². The molecule has 0 radical (unpaired) electrons. The highest BCUT2D eigenvalue weighted by Crippen LogP contribution is 2.27. The zero-order valence-electron chi connectivity index (χ0n) is 15.1. The first-order valence-corrected chi connectivity index (χ1v) is 8.62. The zero-order chi connectivity index (χ0) is 16.7. The van der Waals surface area contributed by atoms with Crippen LogP contribution >= 0.6 is 12.4 Å². The molecule has 1 aromatic rings. The van der Waals surface area contributed by atoms with Crippen molar-refractivity contribution in [2.75, 3.05) is 26.7 Å². The normalized spacial score (nSPS) is 17.5. The maximum atomic E-state index is 12.2. The fourth-order valence-electron chi connectivity index (χ4n) is 3.23. The number of carbonyl (C=O) groups is 1. The number of para-hydroxylation sites is 1. The third-order valence-corrected chi connectivity index (χ3v) is 4.82. The third kappa shape index (κ3) is 6.33. The molecule has 2 N–H and O–H groups in total. The summed E-state index contributed by atoms with van der Waals surface area (Å²) in [4.78, 5) is 12.2. The number of piperidine rings is 1. The molecule has 24 heavy (non-hydrogen) atoms. The maximum Gasteiger partial charge on any atom is 0.220 e. The monoisotopic (exact) mass is 354 g/mol. The van der Waals surface area contributed by atoms with Crippen LogP contribution in [0, 0.1) is 11.3 Å². The molecule has 1 unspecified atom stereocenters. The minimum Gasteiger partial charge on any atom is -0.496 e. The van der Waals surface area contributed by atoms with Gasteiger partial charge in [0.1, 0.15) is 5.75 Å². The van der Waals surface area contributed by atoms with E-state index < -0.39 is 0 Å². The molecule has 0 saturated carbocycles. The maximum absolute atomic E-state index is 12.2. The molecule has 1 atom stereocenters. The molecule has 1 heterocycles. The molecule has 5 heteroatoms. The average Bonchev–Trinajstić information content (AvgIpc) is 2.54. The smallest absolute Gasteiger partial charge is 0.220 e. The van der Waals surface area contributed by atoms with Crippen LogP contribution in [0.1, 0.15) is 38.7 Å². The van der Waals surface area contributed by atoms with Crippen LogP contribution in [-0.4, -0.2) is 32.7 Å². The van der Waals surface area contributed by atoms with Gasteiger partial charge in [0, 0.05) is 13.0 Å². The van der Waals surface area contributed by atoms with Gasteiger partial charge in [-0.2, -0.15) is 0 Å². The summed E-state index contributed by atoms with van der Waals surface area (Å²) < 4.78 is 5.38. The number of rotatable bonds is 7.